The molecule has 5 heteroatoms. The minimum Gasteiger partial charge on any atom is -0.321 e. The first-order valence-corrected chi connectivity index (χ1v) is 8.18. The fourth-order valence-corrected chi connectivity index (χ4v) is 2.64. The van der Waals surface area contributed by atoms with Crippen LogP contribution in [0.15, 0.2) is 66.5 Å². The Hall–Kier alpha value is -3.65. The number of para-hydroxylation sites is 2. The maximum atomic E-state index is 12.5. The summed E-state index contributed by atoms with van der Waals surface area (Å²) >= 11 is 0. The van der Waals surface area contributed by atoms with Crippen LogP contribution in [0, 0.1) is 25.2 Å². The summed E-state index contributed by atoms with van der Waals surface area (Å²) in [6.07, 6.45) is 4.94. The first-order valence-electron chi connectivity index (χ1n) is 8.18. The molecule has 3 aromatic rings. The van der Waals surface area contributed by atoms with E-state index in [1.165, 1.54) is 6.08 Å². The van der Waals surface area contributed by atoms with Gasteiger partial charge in [0.05, 0.1) is 11.9 Å². The quantitative estimate of drug-likeness (QED) is 0.575. The van der Waals surface area contributed by atoms with E-state index in [0.717, 1.165) is 22.5 Å². The Morgan fingerprint density at radius 2 is 1.81 bits per heavy atom. The summed E-state index contributed by atoms with van der Waals surface area (Å²) < 4.78 is 1.70. The van der Waals surface area contributed by atoms with E-state index in [1.807, 2.05) is 68.4 Å². The van der Waals surface area contributed by atoms with Crippen LogP contribution in [-0.2, 0) is 4.79 Å². The molecular weight excluding hydrogens is 324 g/mol. The summed E-state index contributed by atoms with van der Waals surface area (Å²) in [5, 5.41) is 16.5. The van der Waals surface area contributed by atoms with E-state index in [0.29, 0.717) is 5.56 Å². The van der Waals surface area contributed by atoms with Gasteiger partial charge in [-0.1, -0.05) is 36.4 Å². The van der Waals surface area contributed by atoms with Crippen molar-refractivity contribution in [1.82, 2.24) is 9.78 Å². The van der Waals surface area contributed by atoms with E-state index in [-0.39, 0.29) is 5.57 Å². The lowest BCUT2D eigenvalue weighted by Crippen LogP contribution is -2.15. The van der Waals surface area contributed by atoms with Gasteiger partial charge < -0.3 is 5.32 Å². The van der Waals surface area contributed by atoms with Gasteiger partial charge in [0, 0.05) is 17.4 Å². The lowest BCUT2D eigenvalue weighted by molar-refractivity contribution is -0.112. The van der Waals surface area contributed by atoms with Gasteiger partial charge in [-0.2, -0.15) is 10.4 Å². The summed E-state index contributed by atoms with van der Waals surface area (Å²) in [6, 6.07) is 17.4. The number of anilines is 1. The zero-order valence-electron chi connectivity index (χ0n) is 14.6. The number of aromatic nitrogens is 2. The third-order valence-electron chi connectivity index (χ3n) is 4.02. The molecule has 0 aliphatic carbocycles. The van der Waals surface area contributed by atoms with Crippen molar-refractivity contribution < 1.29 is 4.79 Å². The van der Waals surface area contributed by atoms with Crippen LogP contribution in [0.3, 0.4) is 0 Å². The Kier molecular flexibility index (Phi) is 4.95. The number of nitriles is 1. The summed E-state index contributed by atoms with van der Waals surface area (Å²) in [5.41, 5.74) is 4.26. The summed E-state index contributed by atoms with van der Waals surface area (Å²) in [6.45, 7) is 3.84. The fraction of sp³-hybridized carbons (Fsp3) is 0.0952. The number of aryl methyl sites for hydroxylation is 2. The average molecular weight is 342 g/mol. The zero-order valence-corrected chi connectivity index (χ0v) is 14.6. The van der Waals surface area contributed by atoms with Crippen LogP contribution in [-0.4, -0.2) is 15.7 Å². The van der Waals surface area contributed by atoms with Gasteiger partial charge in [0.2, 0.25) is 0 Å². The van der Waals surface area contributed by atoms with Crippen molar-refractivity contribution in [3.8, 4) is 11.8 Å². The van der Waals surface area contributed by atoms with Crippen molar-refractivity contribution >= 4 is 17.7 Å². The van der Waals surface area contributed by atoms with Gasteiger partial charge >= 0.3 is 0 Å². The Morgan fingerprint density at radius 3 is 2.46 bits per heavy atom. The van der Waals surface area contributed by atoms with Crippen molar-refractivity contribution in [3.63, 3.8) is 0 Å². The number of hydrogen-bond donors (Lipinski definition) is 1. The fourth-order valence-electron chi connectivity index (χ4n) is 2.64. The van der Waals surface area contributed by atoms with Gasteiger partial charge in [0.25, 0.3) is 5.91 Å². The number of nitrogens with one attached hydrogen (secondary N) is 1. The topological polar surface area (TPSA) is 70.7 Å². The Bertz CT molecular complexity index is 990. The highest BCUT2D eigenvalue weighted by atomic mass is 16.1. The molecular formula is C21H18N4O. The highest BCUT2D eigenvalue weighted by Crippen LogP contribution is 2.20. The summed E-state index contributed by atoms with van der Waals surface area (Å²) in [7, 11) is 0. The highest BCUT2D eigenvalue weighted by Gasteiger charge is 2.13. The predicted molar refractivity (Wildman–Crippen MR) is 102 cm³/mol. The van der Waals surface area contributed by atoms with Gasteiger partial charge in [-0.05, 0) is 43.2 Å². The molecule has 0 radical (unpaired) electrons. The van der Waals surface area contributed by atoms with Crippen molar-refractivity contribution in [2.24, 2.45) is 0 Å². The second-order valence-electron chi connectivity index (χ2n) is 5.94. The predicted octanol–water partition coefficient (Wildman–Crippen LogP) is 4.03. The van der Waals surface area contributed by atoms with Crippen molar-refractivity contribution in [2.75, 3.05) is 5.32 Å². The smallest absolute Gasteiger partial charge is 0.266 e. The number of nitrogens with zero attached hydrogens (tertiary/aromatic N) is 3. The molecule has 2 aromatic carbocycles. The number of carbonyl (C=O) groups is 1. The largest absolute Gasteiger partial charge is 0.321 e. The Balaban J connectivity index is 1.84. The van der Waals surface area contributed by atoms with Crippen LogP contribution in [0.5, 0.6) is 0 Å². The van der Waals surface area contributed by atoms with Crippen LogP contribution in [0.25, 0.3) is 11.8 Å². The third kappa shape index (κ3) is 3.70. The molecule has 0 saturated heterocycles. The molecule has 0 spiro atoms. The van der Waals surface area contributed by atoms with E-state index in [2.05, 4.69) is 10.4 Å². The molecule has 1 N–H and O–H groups in total. The number of carbonyl (C=O) groups excluding carboxylic acids is 1. The number of hydrogen-bond acceptors (Lipinski definition) is 3. The maximum Gasteiger partial charge on any atom is 0.266 e. The molecule has 1 heterocycles. The third-order valence-corrected chi connectivity index (χ3v) is 4.02. The van der Waals surface area contributed by atoms with E-state index >= 15 is 0 Å². The molecule has 0 fully saturated rings. The van der Waals surface area contributed by atoms with Crippen LogP contribution < -0.4 is 5.32 Å². The molecule has 1 aromatic heterocycles. The van der Waals surface area contributed by atoms with E-state index in [4.69, 9.17) is 0 Å². The first-order chi connectivity index (χ1) is 12.6. The second kappa shape index (κ2) is 7.49. The molecule has 128 valence electrons. The van der Waals surface area contributed by atoms with Gasteiger partial charge in [-0.3, -0.25) is 4.79 Å². The lowest BCUT2D eigenvalue weighted by atomic mass is 10.1. The molecule has 1 amide bonds. The van der Waals surface area contributed by atoms with Crippen LogP contribution in [0.1, 0.15) is 16.7 Å². The summed E-state index contributed by atoms with van der Waals surface area (Å²) in [4.78, 5) is 12.5. The molecule has 0 bridgehead atoms. The van der Waals surface area contributed by atoms with Gasteiger partial charge in [0.1, 0.15) is 11.6 Å². The van der Waals surface area contributed by atoms with Crippen LogP contribution in [0.2, 0.25) is 0 Å². The van der Waals surface area contributed by atoms with Gasteiger partial charge in [0.15, 0.2) is 0 Å². The molecule has 0 saturated carbocycles. The van der Waals surface area contributed by atoms with E-state index < -0.39 is 5.91 Å². The van der Waals surface area contributed by atoms with E-state index in [9.17, 15) is 10.1 Å². The summed E-state index contributed by atoms with van der Waals surface area (Å²) in [5.74, 6) is -0.433. The second-order valence-corrected chi connectivity index (χ2v) is 5.94. The Labute approximate surface area is 152 Å². The van der Waals surface area contributed by atoms with Gasteiger partial charge in [-0.25, -0.2) is 4.68 Å². The molecule has 0 atom stereocenters. The minimum absolute atomic E-state index is 0.0280. The molecule has 0 aliphatic rings. The molecule has 0 aliphatic heterocycles. The van der Waals surface area contributed by atoms with Crippen molar-refractivity contribution in [3.05, 3.63) is 83.2 Å². The minimum atomic E-state index is -0.433. The number of benzene rings is 2. The first kappa shape index (κ1) is 17.2. The molecule has 5 nitrogen and oxygen atoms in total. The number of amides is 1. The molecule has 26 heavy (non-hydrogen) atoms. The highest BCUT2D eigenvalue weighted by molar-refractivity contribution is 6.10. The zero-order chi connectivity index (χ0) is 18.5. The molecule has 3 rings (SSSR count). The maximum absolute atomic E-state index is 12.5. The Morgan fingerprint density at radius 1 is 1.12 bits per heavy atom. The van der Waals surface area contributed by atoms with Crippen molar-refractivity contribution in [2.45, 2.75) is 13.8 Å². The number of rotatable bonds is 4. The van der Waals surface area contributed by atoms with Crippen molar-refractivity contribution in [1.29, 1.82) is 5.26 Å². The van der Waals surface area contributed by atoms with Crippen LogP contribution >= 0.6 is 0 Å². The van der Waals surface area contributed by atoms with Gasteiger partial charge in [-0.15, -0.1) is 0 Å². The molecule has 0 unspecified atom stereocenters. The normalized spacial score (nSPS) is 11.0. The average Bonchev–Trinajstić information content (AvgIpc) is 3.12. The monoisotopic (exact) mass is 342 g/mol. The van der Waals surface area contributed by atoms with E-state index in [1.54, 1.807) is 17.1 Å². The SMILES string of the molecule is Cc1cccc(C)c1NC(=O)/C(C#N)=C/c1cnn(-c2ccccc2)c1. The lowest BCUT2D eigenvalue weighted by Gasteiger charge is -2.10. The van der Waals surface area contributed by atoms with Crippen LogP contribution in [0.4, 0.5) is 5.69 Å². The standard InChI is InChI=1S/C21H18N4O/c1-15-7-6-8-16(2)20(15)24-21(26)18(12-22)11-17-13-23-25(14-17)19-9-4-3-5-10-19/h3-11,13-14H,1-2H3,(H,24,26)/b18-11+.